The van der Waals surface area contributed by atoms with Crippen LogP contribution in [-0.2, 0) is 6.42 Å². The van der Waals surface area contributed by atoms with Crippen molar-refractivity contribution in [3.8, 4) is 5.75 Å². The number of methoxy groups -OCH3 is 1. The molecule has 17 heavy (non-hydrogen) atoms. The van der Waals surface area contributed by atoms with Crippen LogP contribution in [0.4, 0.5) is 4.39 Å². The Bertz CT molecular complexity index is 380. The van der Waals surface area contributed by atoms with Gasteiger partial charge in [0, 0.05) is 0 Å². The third-order valence-electron chi connectivity index (χ3n) is 3.68. The molecule has 0 aliphatic carbocycles. The van der Waals surface area contributed by atoms with Crippen LogP contribution >= 0.6 is 0 Å². The first-order valence-electron chi connectivity index (χ1n) is 6.24. The van der Waals surface area contributed by atoms with Gasteiger partial charge in [-0.3, -0.25) is 0 Å². The normalized spacial score (nSPS) is 24.6. The van der Waals surface area contributed by atoms with E-state index in [9.17, 15) is 4.39 Å². The Labute approximate surface area is 102 Å². The maximum atomic E-state index is 13.6. The van der Waals surface area contributed by atoms with Gasteiger partial charge < -0.3 is 10.1 Å². The fourth-order valence-corrected chi connectivity index (χ4v) is 2.51. The molecule has 1 aliphatic heterocycles. The monoisotopic (exact) mass is 237 g/mol. The van der Waals surface area contributed by atoms with Crippen LogP contribution in [0.2, 0.25) is 0 Å². The molecule has 0 bridgehead atoms. The van der Waals surface area contributed by atoms with Crippen LogP contribution in [0.15, 0.2) is 18.2 Å². The molecule has 0 saturated carbocycles. The topological polar surface area (TPSA) is 21.3 Å². The lowest BCUT2D eigenvalue weighted by Gasteiger charge is -2.29. The highest BCUT2D eigenvalue weighted by molar-refractivity contribution is 5.29. The maximum absolute atomic E-state index is 13.6. The molecule has 2 nitrogen and oxygen atoms in total. The van der Waals surface area contributed by atoms with E-state index in [2.05, 4.69) is 12.2 Å². The highest BCUT2D eigenvalue weighted by atomic mass is 19.1. The highest BCUT2D eigenvalue weighted by Crippen LogP contribution is 2.25. The molecule has 3 heteroatoms. The SMILES string of the molecule is COc1ccc(CC2CCNCC2C)cc1F. The predicted octanol–water partition coefficient (Wildman–Crippen LogP) is 2.62. The van der Waals surface area contributed by atoms with Crippen molar-refractivity contribution in [2.45, 2.75) is 19.8 Å². The largest absolute Gasteiger partial charge is 0.494 e. The molecular formula is C14H20FNO. The first-order valence-corrected chi connectivity index (χ1v) is 6.24. The molecule has 2 unspecified atom stereocenters. The van der Waals surface area contributed by atoms with Gasteiger partial charge in [0.25, 0.3) is 0 Å². The summed E-state index contributed by atoms with van der Waals surface area (Å²) in [6.45, 7) is 4.41. The Morgan fingerprint density at radius 3 is 2.94 bits per heavy atom. The van der Waals surface area contributed by atoms with Crippen LogP contribution in [0, 0.1) is 17.7 Å². The molecule has 1 saturated heterocycles. The minimum absolute atomic E-state index is 0.258. The van der Waals surface area contributed by atoms with Crippen molar-refractivity contribution in [3.05, 3.63) is 29.6 Å². The van der Waals surface area contributed by atoms with Gasteiger partial charge in [0.15, 0.2) is 11.6 Å². The summed E-state index contributed by atoms with van der Waals surface area (Å²) in [7, 11) is 1.49. The number of nitrogens with one attached hydrogen (secondary N) is 1. The minimum Gasteiger partial charge on any atom is -0.494 e. The van der Waals surface area contributed by atoms with Crippen LogP contribution in [0.1, 0.15) is 18.9 Å². The Balaban J connectivity index is 2.05. The van der Waals surface area contributed by atoms with Gasteiger partial charge in [-0.25, -0.2) is 4.39 Å². The average molecular weight is 237 g/mol. The van der Waals surface area contributed by atoms with E-state index in [-0.39, 0.29) is 5.82 Å². The lowest BCUT2D eigenvalue weighted by molar-refractivity contribution is 0.271. The van der Waals surface area contributed by atoms with Crippen molar-refractivity contribution in [1.29, 1.82) is 0 Å². The van der Waals surface area contributed by atoms with Gasteiger partial charge in [0.2, 0.25) is 0 Å². The van der Waals surface area contributed by atoms with Crippen molar-refractivity contribution in [2.24, 2.45) is 11.8 Å². The minimum atomic E-state index is -0.258. The van der Waals surface area contributed by atoms with Crippen LogP contribution in [0.5, 0.6) is 5.75 Å². The Morgan fingerprint density at radius 2 is 2.29 bits per heavy atom. The quantitative estimate of drug-likeness (QED) is 0.872. The molecule has 94 valence electrons. The van der Waals surface area contributed by atoms with Gasteiger partial charge in [-0.15, -0.1) is 0 Å². The van der Waals surface area contributed by atoms with Crippen LogP contribution in [-0.4, -0.2) is 20.2 Å². The van der Waals surface area contributed by atoms with Crippen LogP contribution < -0.4 is 10.1 Å². The van der Waals surface area contributed by atoms with E-state index in [1.165, 1.54) is 13.5 Å². The molecule has 1 aromatic carbocycles. The second-order valence-corrected chi connectivity index (χ2v) is 4.90. The Morgan fingerprint density at radius 1 is 1.47 bits per heavy atom. The van der Waals surface area contributed by atoms with Crippen molar-refractivity contribution >= 4 is 0 Å². The lowest BCUT2D eigenvalue weighted by atomic mass is 9.83. The van der Waals surface area contributed by atoms with E-state index in [1.807, 2.05) is 6.07 Å². The molecule has 0 radical (unpaired) electrons. The molecular weight excluding hydrogens is 217 g/mol. The summed E-state index contributed by atoms with van der Waals surface area (Å²) in [5, 5.41) is 3.39. The number of ether oxygens (including phenoxy) is 1. The summed E-state index contributed by atoms with van der Waals surface area (Å²) < 4.78 is 18.5. The molecule has 1 aliphatic rings. The average Bonchev–Trinajstić information content (AvgIpc) is 2.32. The van der Waals surface area contributed by atoms with Gasteiger partial charge >= 0.3 is 0 Å². The smallest absolute Gasteiger partial charge is 0.165 e. The summed E-state index contributed by atoms with van der Waals surface area (Å²) in [6.07, 6.45) is 2.14. The van der Waals surface area contributed by atoms with E-state index >= 15 is 0 Å². The molecule has 0 spiro atoms. The number of hydrogen-bond donors (Lipinski definition) is 1. The number of halogens is 1. The number of benzene rings is 1. The fraction of sp³-hybridized carbons (Fsp3) is 0.571. The molecule has 1 fully saturated rings. The van der Waals surface area contributed by atoms with E-state index in [0.717, 1.165) is 25.1 Å². The lowest BCUT2D eigenvalue weighted by Crippen LogP contribution is -2.35. The van der Waals surface area contributed by atoms with Gasteiger partial charge in [0.1, 0.15) is 0 Å². The summed E-state index contributed by atoms with van der Waals surface area (Å²) in [5.41, 5.74) is 1.07. The third-order valence-corrected chi connectivity index (χ3v) is 3.68. The summed E-state index contributed by atoms with van der Waals surface area (Å²) in [6, 6.07) is 5.29. The summed E-state index contributed by atoms with van der Waals surface area (Å²) in [5.74, 6) is 1.39. The Kier molecular flexibility index (Phi) is 4.00. The van der Waals surface area contributed by atoms with Crippen LogP contribution in [0.3, 0.4) is 0 Å². The molecule has 0 aromatic heterocycles. The summed E-state index contributed by atoms with van der Waals surface area (Å²) in [4.78, 5) is 0. The summed E-state index contributed by atoms with van der Waals surface area (Å²) >= 11 is 0. The van der Waals surface area contributed by atoms with Crippen molar-refractivity contribution in [2.75, 3.05) is 20.2 Å². The Hall–Kier alpha value is -1.09. The zero-order valence-electron chi connectivity index (χ0n) is 10.5. The van der Waals surface area contributed by atoms with Gasteiger partial charge in [-0.2, -0.15) is 0 Å². The second-order valence-electron chi connectivity index (χ2n) is 4.90. The molecule has 1 heterocycles. The number of hydrogen-bond acceptors (Lipinski definition) is 2. The molecule has 1 N–H and O–H groups in total. The molecule has 2 rings (SSSR count). The molecule has 0 amide bonds. The predicted molar refractivity (Wildman–Crippen MR) is 66.8 cm³/mol. The molecule has 1 aromatic rings. The van der Waals surface area contributed by atoms with E-state index in [0.29, 0.717) is 17.6 Å². The number of rotatable bonds is 3. The zero-order valence-corrected chi connectivity index (χ0v) is 10.5. The van der Waals surface area contributed by atoms with E-state index < -0.39 is 0 Å². The van der Waals surface area contributed by atoms with Gasteiger partial charge in [-0.1, -0.05) is 13.0 Å². The van der Waals surface area contributed by atoms with Gasteiger partial charge in [-0.05, 0) is 55.5 Å². The number of piperidine rings is 1. The standard InChI is InChI=1S/C14H20FNO/c1-10-9-16-6-5-12(10)7-11-3-4-14(17-2)13(15)8-11/h3-4,8,10,12,16H,5-7,9H2,1-2H3. The zero-order chi connectivity index (χ0) is 12.3. The second kappa shape index (κ2) is 5.50. The van der Waals surface area contributed by atoms with Crippen molar-refractivity contribution in [1.82, 2.24) is 5.32 Å². The molecule has 2 atom stereocenters. The van der Waals surface area contributed by atoms with E-state index in [4.69, 9.17) is 4.74 Å². The fourth-order valence-electron chi connectivity index (χ4n) is 2.51. The first-order chi connectivity index (χ1) is 8.20. The van der Waals surface area contributed by atoms with E-state index in [1.54, 1.807) is 12.1 Å². The van der Waals surface area contributed by atoms with Crippen molar-refractivity contribution in [3.63, 3.8) is 0 Å². The maximum Gasteiger partial charge on any atom is 0.165 e. The van der Waals surface area contributed by atoms with Gasteiger partial charge in [0.05, 0.1) is 7.11 Å². The van der Waals surface area contributed by atoms with Crippen LogP contribution in [0.25, 0.3) is 0 Å². The third kappa shape index (κ3) is 2.97. The first kappa shape index (κ1) is 12.4. The highest BCUT2D eigenvalue weighted by Gasteiger charge is 2.21. The van der Waals surface area contributed by atoms with Crippen molar-refractivity contribution < 1.29 is 9.13 Å².